The first-order chi connectivity index (χ1) is 8.04. The first-order valence-electron chi connectivity index (χ1n) is 4.87. The topological polar surface area (TPSA) is 144 Å². The van der Waals surface area contributed by atoms with Crippen molar-refractivity contribution in [3.05, 3.63) is 16.8 Å². The van der Waals surface area contributed by atoms with E-state index in [1.807, 2.05) is 0 Å². The lowest BCUT2D eigenvalue weighted by atomic mass is 10.1. The molecule has 1 aliphatic rings. The summed E-state index contributed by atoms with van der Waals surface area (Å²) in [5.74, 6) is -0.196. The molecule has 0 bridgehead atoms. The Balaban J connectivity index is 2.32. The molecule has 0 saturated carbocycles. The van der Waals surface area contributed by atoms with Crippen LogP contribution in [0.5, 0.6) is 0 Å². The Morgan fingerprint density at radius 1 is 1.47 bits per heavy atom. The monoisotopic (exact) mass is 244 g/mol. The van der Waals surface area contributed by atoms with Gasteiger partial charge in [-0.15, -0.1) is 0 Å². The molecule has 1 saturated heterocycles. The summed E-state index contributed by atoms with van der Waals surface area (Å²) < 4.78 is 6.04. The van der Waals surface area contributed by atoms with E-state index in [0.29, 0.717) is 0 Å². The second-order valence-electron chi connectivity index (χ2n) is 3.63. The van der Waals surface area contributed by atoms with E-state index in [2.05, 4.69) is 9.97 Å². The lowest BCUT2D eigenvalue weighted by Crippen LogP contribution is -2.36. The predicted octanol–water partition coefficient (Wildman–Crippen LogP) is -3.17. The fourth-order valence-electron chi connectivity index (χ4n) is 1.64. The van der Waals surface area contributed by atoms with Gasteiger partial charge in [0.05, 0.1) is 6.61 Å². The maximum absolute atomic E-state index is 11.5. The lowest BCUT2D eigenvalue weighted by molar-refractivity contribution is -0.0554. The summed E-state index contributed by atoms with van der Waals surface area (Å²) in [6.07, 6.45) is -3.67. The molecule has 0 spiro atoms. The Labute approximate surface area is 95.1 Å². The number of anilines is 1. The Bertz CT molecular complexity index is 463. The van der Waals surface area contributed by atoms with Crippen LogP contribution in [-0.4, -0.2) is 54.8 Å². The number of hydrogen-bond donors (Lipinski definition) is 4. The molecular formula is C8H12N4O5. The minimum Gasteiger partial charge on any atom is -0.394 e. The number of ether oxygens (including phenoxy) is 1. The van der Waals surface area contributed by atoms with Crippen LogP contribution in [0.3, 0.4) is 0 Å². The highest BCUT2D eigenvalue weighted by atomic mass is 16.6. The van der Waals surface area contributed by atoms with Crippen molar-refractivity contribution in [3.8, 4) is 0 Å². The second kappa shape index (κ2) is 4.37. The number of rotatable bonds is 2. The van der Waals surface area contributed by atoms with Crippen molar-refractivity contribution < 1.29 is 20.1 Å². The predicted molar refractivity (Wildman–Crippen MR) is 53.7 cm³/mol. The maximum Gasteiger partial charge on any atom is 0.354 e. The van der Waals surface area contributed by atoms with E-state index in [4.69, 9.17) is 15.6 Å². The number of hydrogen-bond acceptors (Lipinski definition) is 8. The molecule has 1 fully saturated rings. The van der Waals surface area contributed by atoms with Crippen molar-refractivity contribution in [1.29, 1.82) is 0 Å². The van der Waals surface area contributed by atoms with E-state index < -0.39 is 36.8 Å². The van der Waals surface area contributed by atoms with Crippen LogP contribution in [0.2, 0.25) is 0 Å². The minimum atomic E-state index is -1.35. The molecule has 1 aliphatic heterocycles. The van der Waals surface area contributed by atoms with Crippen LogP contribution < -0.4 is 11.4 Å². The highest BCUT2D eigenvalue weighted by molar-refractivity contribution is 5.10. The fourth-order valence-corrected chi connectivity index (χ4v) is 1.64. The van der Waals surface area contributed by atoms with Crippen LogP contribution >= 0.6 is 0 Å². The molecular weight excluding hydrogens is 232 g/mol. The molecule has 1 aromatic rings. The molecule has 0 unspecified atom stereocenters. The van der Waals surface area contributed by atoms with Crippen molar-refractivity contribution in [1.82, 2.24) is 14.5 Å². The third-order valence-electron chi connectivity index (χ3n) is 2.54. The smallest absolute Gasteiger partial charge is 0.354 e. The van der Waals surface area contributed by atoms with Gasteiger partial charge in [-0.25, -0.2) is 9.78 Å². The van der Waals surface area contributed by atoms with Crippen molar-refractivity contribution in [2.45, 2.75) is 24.5 Å². The molecule has 4 atom stereocenters. The van der Waals surface area contributed by atoms with Gasteiger partial charge in [-0.1, -0.05) is 0 Å². The van der Waals surface area contributed by atoms with Gasteiger partial charge in [0.15, 0.2) is 6.23 Å². The van der Waals surface area contributed by atoms with Crippen LogP contribution in [0.15, 0.2) is 11.1 Å². The Hall–Kier alpha value is -1.55. The van der Waals surface area contributed by atoms with Crippen LogP contribution in [-0.2, 0) is 4.74 Å². The average Bonchev–Trinajstić information content (AvgIpc) is 2.57. The summed E-state index contributed by atoms with van der Waals surface area (Å²) in [7, 11) is 0. The van der Waals surface area contributed by atoms with Crippen LogP contribution in [0.1, 0.15) is 6.23 Å². The molecule has 94 valence electrons. The highest BCUT2D eigenvalue weighted by Crippen LogP contribution is 2.27. The summed E-state index contributed by atoms with van der Waals surface area (Å²) in [5.41, 5.74) is 4.46. The second-order valence-corrected chi connectivity index (χ2v) is 3.63. The number of nitrogens with two attached hydrogens (primary N) is 1. The first kappa shape index (κ1) is 11.9. The van der Waals surface area contributed by atoms with Crippen molar-refractivity contribution in [2.75, 3.05) is 12.3 Å². The summed E-state index contributed by atoms with van der Waals surface area (Å²) in [4.78, 5) is 18.4. The van der Waals surface area contributed by atoms with E-state index in [9.17, 15) is 15.0 Å². The molecule has 9 heteroatoms. The number of aromatic nitrogens is 3. The van der Waals surface area contributed by atoms with Crippen LogP contribution in [0.25, 0.3) is 0 Å². The third-order valence-corrected chi connectivity index (χ3v) is 2.54. The molecule has 0 aliphatic carbocycles. The van der Waals surface area contributed by atoms with E-state index in [0.717, 1.165) is 10.9 Å². The number of aliphatic hydroxyl groups is 3. The highest BCUT2D eigenvalue weighted by Gasteiger charge is 2.43. The number of nitrogen functional groups attached to an aromatic ring is 1. The van der Waals surface area contributed by atoms with Gasteiger partial charge in [-0.3, -0.25) is 4.57 Å². The summed E-state index contributed by atoms with van der Waals surface area (Å²) >= 11 is 0. The molecule has 2 heterocycles. The molecule has 17 heavy (non-hydrogen) atoms. The molecule has 9 nitrogen and oxygen atoms in total. The Morgan fingerprint density at radius 3 is 2.71 bits per heavy atom. The van der Waals surface area contributed by atoms with Crippen LogP contribution in [0, 0.1) is 0 Å². The Morgan fingerprint density at radius 2 is 2.18 bits per heavy atom. The van der Waals surface area contributed by atoms with Crippen LogP contribution in [0.4, 0.5) is 5.95 Å². The van der Waals surface area contributed by atoms with Gasteiger partial charge in [-0.05, 0) is 0 Å². The molecule has 2 rings (SSSR count). The van der Waals surface area contributed by atoms with E-state index >= 15 is 0 Å². The molecule has 0 aromatic carbocycles. The van der Waals surface area contributed by atoms with Crippen molar-refractivity contribution in [3.63, 3.8) is 0 Å². The molecule has 1 aromatic heterocycles. The van der Waals surface area contributed by atoms with Gasteiger partial charge in [0.1, 0.15) is 24.6 Å². The fraction of sp³-hybridized carbons (Fsp3) is 0.625. The molecule has 0 radical (unpaired) electrons. The van der Waals surface area contributed by atoms with E-state index in [1.165, 1.54) is 0 Å². The SMILES string of the molecule is Nc1ncn([C@H]2O[C@@H](CO)[C@H](O)[C@H]2O)c(=O)n1. The molecule has 5 N–H and O–H groups in total. The number of aliphatic hydroxyl groups excluding tert-OH is 3. The van der Waals surface area contributed by atoms with Gasteiger partial charge in [0.2, 0.25) is 5.95 Å². The first-order valence-corrected chi connectivity index (χ1v) is 4.87. The minimum absolute atomic E-state index is 0.196. The van der Waals surface area contributed by atoms with E-state index in [-0.39, 0.29) is 5.95 Å². The lowest BCUT2D eigenvalue weighted by Gasteiger charge is -2.16. The number of nitrogens with zero attached hydrogens (tertiary/aromatic N) is 3. The summed E-state index contributed by atoms with van der Waals surface area (Å²) in [6.45, 7) is -0.473. The third kappa shape index (κ3) is 2.00. The maximum atomic E-state index is 11.5. The average molecular weight is 244 g/mol. The van der Waals surface area contributed by atoms with Gasteiger partial charge in [-0.2, -0.15) is 4.98 Å². The summed E-state index contributed by atoms with van der Waals surface area (Å²) in [6, 6.07) is 0. The van der Waals surface area contributed by atoms with Gasteiger partial charge >= 0.3 is 5.69 Å². The standard InChI is InChI=1S/C8H12N4O5/c9-7-10-2-12(8(16)11-7)6-5(15)4(14)3(1-13)17-6/h2-6,13-15H,1H2,(H2,9,11,16)/t3-,4-,5+,6-/m0/s1. The van der Waals surface area contributed by atoms with Gasteiger partial charge in [0.25, 0.3) is 0 Å². The Kier molecular flexibility index (Phi) is 3.07. The largest absolute Gasteiger partial charge is 0.394 e. The van der Waals surface area contributed by atoms with Crippen molar-refractivity contribution >= 4 is 5.95 Å². The van der Waals surface area contributed by atoms with Gasteiger partial charge < -0.3 is 25.8 Å². The summed E-state index contributed by atoms with van der Waals surface area (Å²) in [5, 5.41) is 28.1. The molecule has 0 amide bonds. The van der Waals surface area contributed by atoms with Gasteiger partial charge in [0, 0.05) is 0 Å². The quantitative estimate of drug-likeness (QED) is 0.426. The normalized spacial score (nSPS) is 32.9. The zero-order valence-corrected chi connectivity index (χ0v) is 8.67. The van der Waals surface area contributed by atoms with E-state index in [1.54, 1.807) is 0 Å². The zero-order chi connectivity index (χ0) is 12.6. The zero-order valence-electron chi connectivity index (χ0n) is 8.67. The van der Waals surface area contributed by atoms with Crippen molar-refractivity contribution in [2.24, 2.45) is 0 Å².